The van der Waals surface area contributed by atoms with Crippen LogP contribution in [-0.2, 0) is 13.1 Å². The van der Waals surface area contributed by atoms with Gasteiger partial charge in [-0.05, 0) is 31.9 Å². The Labute approximate surface area is 122 Å². The van der Waals surface area contributed by atoms with Gasteiger partial charge in [-0.3, -0.25) is 0 Å². The van der Waals surface area contributed by atoms with E-state index in [0.717, 1.165) is 24.4 Å². The summed E-state index contributed by atoms with van der Waals surface area (Å²) in [7, 11) is 1.71. The second-order valence-corrected chi connectivity index (χ2v) is 5.35. The number of carbonyl (C=O) groups is 1. The summed E-state index contributed by atoms with van der Waals surface area (Å²) >= 11 is 0. The third-order valence-corrected chi connectivity index (χ3v) is 3.34. The smallest absolute Gasteiger partial charge is 0.317 e. The SMILES string of the molecule is Cc1ccc(CN(C)C(=O)NCc2noc(C3CC3)n2)o1. The number of rotatable bonds is 5. The number of nitrogens with one attached hydrogen (secondary N) is 1. The van der Waals surface area contributed by atoms with Gasteiger partial charge in [0.2, 0.25) is 5.89 Å². The van der Waals surface area contributed by atoms with E-state index >= 15 is 0 Å². The minimum absolute atomic E-state index is 0.207. The highest BCUT2D eigenvalue weighted by Gasteiger charge is 2.29. The molecule has 1 N–H and O–H groups in total. The number of aromatic nitrogens is 2. The standard InChI is InChI=1S/C14H18N4O3/c1-9-3-6-11(20-9)8-18(2)14(19)15-7-12-16-13(21-17-12)10-4-5-10/h3,6,10H,4-5,7-8H2,1-2H3,(H,15,19). The van der Waals surface area contributed by atoms with E-state index in [1.165, 1.54) is 0 Å². The number of carbonyl (C=O) groups excluding carboxylic acids is 1. The lowest BCUT2D eigenvalue weighted by Crippen LogP contribution is -2.36. The van der Waals surface area contributed by atoms with Crippen molar-refractivity contribution in [2.24, 2.45) is 0 Å². The fourth-order valence-corrected chi connectivity index (χ4v) is 2.00. The lowest BCUT2D eigenvalue weighted by Gasteiger charge is -2.15. The molecule has 2 aromatic rings. The van der Waals surface area contributed by atoms with Crippen LogP contribution in [0.3, 0.4) is 0 Å². The summed E-state index contributed by atoms with van der Waals surface area (Å²) in [5.41, 5.74) is 0. The Balaban J connectivity index is 1.48. The second kappa shape index (κ2) is 5.59. The molecule has 0 radical (unpaired) electrons. The number of nitrogens with zero attached hydrogens (tertiary/aromatic N) is 3. The molecule has 7 heteroatoms. The van der Waals surface area contributed by atoms with Gasteiger partial charge in [0.05, 0.1) is 13.1 Å². The van der Waals surface area contributed by atoms with Gasteiger partial charge in [0.25, 0.3) is 0 Å². The Morgan fingerprint density at radius 1 is 1.48 bits per heavy atom. The molecule has 0 aliphatic heterocycles. The summed E-state index contributed by atoms with van der Waals surface area (Å²) in [6.45, 7) is 2.55. The van der Waals surface area contributed by atoms with Crippen molar-refractivity contribution >= 4 is 6.03 Å². The normalized spacial score (nSPS) is 14.2. The van der Waals surface area contributed by atoms with E-state index in [1.54, 1.807) is 11.9 Å². The first kappa shape index (κ1) is 13.7. The minimum atomic E-state index is -0.207. The molecule has 21 heavy (non-hydrogen) atoms. The summed E-state index contributed by atoms with van der Waals surface area (Å²) in [5.74, 6) is 3.19. The van der Waals surface area contributed by atoms with Crippen molar-refractivity contribution in [3.8, 4) is 0 Å². The summed E-state index contributed by atoms with van der Waals surface area (Å²) in [6, 6.07) is 3.53. The number of aryl methyl sites for hydroxylation is 1. The van der Waals surface area contributed by atoms with Gasteiger partial charge in [-0.2, -0.15) is 4.98 Å². The van der Waals surface area contributed by atoms with Crippen molar-refractivity contribution in [3.05, 3.63) is 35.4 Å². The molecule has 1 fully saturated rings. The Kier molecular flexibility index (Phi) is 3.64. The van der Waals surface area contributed by atoms with Crippen molar-refractivity contribution in [1.29, 1.82) is 0 Å². The maximum atomic E-state index is 12.0. The number of amides is 2. The average molecular weight is 290 g/mol. The van der Waals surface area contributed by atoms with E-state index in [-0.39, 0.29) is 12.6 Å². The molecule has 1 saturated carbocycles. The number of furan rings is 1. The molecule has 0 unspecified atom stereocenters. The number of hydrogen-bond acceptors (Lipinski definition) is 5. The van der Waals surface area contributed by atoms with Crippen molar-refractivity contribution in [2.45, 2.75) is 38.8 Å². The molecule has 0 saturated heterocycles. The van der Waals surface area contributed by atoms with Crippen molar-refractivity contribution in [3.63, 3.8) is 0 Å². The van der Waals surface area contributed by atoms with Crippen LogP contribution >= 0.6 is 0 Å². The maximum absolute atomic E-state index is 12.0. The van der Waals surface area contributed by atoms with Gasteiger partial charge in [-0.25, -0.2) is 4.79 Å². The highest BCUT2D eigenvalue weighted by atomic mass is 16.5. The molecule has 3 rings (SSSR count). The molecule has 1 aliphatic carbocycles. The van der Waals surface area contributed by atoms with Crippen LogP contribution in [0.1, 0.15) is 42.0 Å². The first-order chi connectivity index (χ1) is 10.1. The zero-order valence-corrected chi connectivity index (χ0v) is 12.1. The minimum Gasteiger partial charge on any atom is -0.464 e. The molecule has 0 aromatic carbocycles. The molecular weight excluding hydrogens is 272 g/mol. The molecule has 2 aromatic heterocycles. The quantitative estimate of drug-likeness (QED) is 0.912. The largest absolute Gasteiger partial charge is 0.464 e. The zero-order chi connectivity index (χ0) is 14.8. The lowest BCUT2D eigenvalue weighted by molar-refractivity contribution is 0.202. The second-order valence-electron chi connectivity index (χ2n) is 5.35. The molecular formula is C14H18N4O3. The fraction of sp³-hybridized carbons (Fsp3) is 0.500. The highest BCUT2D eigenvalue weighted by Crippen LogP contribution is 2.38. The highest BCUT2D eigenvalue weighted by molar-refractivity contribution is 5.73. The van der Waals surface area contributed by atoms with Crippen LogP contribution in [0.4, 0.5) is 4.79 Å². The Bertz CT molecular complexity index is 630. The van der Waals surface area contributed by atoms with Gasteiger partial charge < -0.3 is 19.2 Å². The van der Waals surface area contributed by atoms with Crippen molar-refractivity contribution in [1.82, 2.24) is 20.4 Å². The van der Waals surface area contributed by atoms with Crippen LogP contribution in [0.25, 0.3) is 0 Å². The Morgan fingerprint density at radius 3 is 2.95 bits per heavy atom. The Hall–Kier alpha value is -2.31. The lowest BCUT2D eigenvalue weighted by atomic mass is 10.4. The van der Waals surface area contributed by atoms with E-state index in [4.69, 9.17) is 8.94 Å². The summed E-state index contributed by atoms with van der Waals surface area (Å²) in [6.07, 6.45) is 2.22. The van der Waals surface area contributed by atoms with E-state index < -0.39 is 0 Å². The van der Waals surface area contributed by atoms with Crippen LogP contribution < -0.4 is 5.32 Å². The molecule has 0 spiro atoms. The van der Waals surface area contributed by atoms with E-state index in [0.29, 0.717) is 24.2 Å². The molecule has 2 amide bonds. The first-order valence-corrected chi connectivity index (χ1v) is 6.98. The van der Waals surface area contributed by atoms with Crippen LogP contribution in [0.2, 0.25) is 0 Å². The summed E-state index contributed by atoms with van der Waals surface area (Å²) in [5, 5.41) is 6.62. The van der Waals surface area contributed by atoms with Crippen LogP contribution in [-0.4, -0.2) is 28.1 Å². The van der Waals surface area contributed by atoms with E-state index in [2.05, 4.69) is 15.5 Å². The number of urea groups is 1. The summed E-state index contributed by atoms with van der Waals surface area (Å²) in [4.78, 5) is 17.8. The van der Waals surface area contributed by atoms with Gasteiger partial charge in [-0.1, -0.05) is 5.16 Å². The topological polar surface area (TPSA) is 84.4 Å². The monoisotopic (exact) mass is 290 g/mol. The molecule has 0 atom stereocenters. The van der Waals surface area contributed by atoms with Gasteiger partial charge in [0.1, 0.15) is 11.5 Å². The first-order valence-electron chi connectivity index (χ1n) is 6.98. The average Bonchev–Trinajstić information content (AvgIpc) is 3.07. The molecule has 0 bridgehead atoms. The fourth-order valence-electron chi connectivity index (χ4n) is 2.00. The van der Waals surface area contributed by atoms with Gasteiger partial charge in [0, 0.05) is 13.0 Å². The predicted octanol–water partition coefficient (Wildman–Crippen LogP) is 2.19. The summed E-state index contributed by atoms with van der Waals surface area (Å²) < 4.78 is 10.6. The zero-order valence-electron chi connectivity index (χ0n) is 12.1. The van der Waals surface area contributed by atoms with Crippen molar-refractivity contribution < 1.29 is 13.7 Å². The van der Waals surface area contributed by atoms with Crippen molar-refractivity contribution in [2.75, 3.05) is 7.05 Å². The molecule has 2 heterocycles. The maximum Gasteiger partial charge on any atom is 0.317 e. The van der Waals surface area contributed by atoms with Gasteiger partial charge >= 0.3 is 6.03 Å². The third-order valence-electron chi connectivity index (χ3n) is 3.34. The van der Waals surface area contributed by atoms with Gasteiger partial charge in [0.15, 0.2) is 5.82 Å². The van der Waals surface area contributed by atoms with Gasteiger partial charge in [-0.15, -0.1) is 0 Å². The predicted molar refractivity (Wildman–Crippen MR) is 73.4 cm³/mol. The van der Waals surface area contributed by atoms with E-state index in [9.17, 15) is 4.79 Å². The number of hydrogen-bond donors (Lipinski definition) is 1. The molecule has 112 valence electrons. The van der Waals surface area contributed by atoms with Crippen LogP contribution in [0, 0.1) is 6.92 Å². The molecule has 7 nitrogen and oxygen atoms in total. The third kappa shape index (κ3) is 3.42. The van der Waals surface area contributed by atoms with Crippen LogP contribution in [0.15, 0.2) is 21.1 Å². The molecule has 1 aliphatic rings. The Morgan fingerprint density at radius 2 is 2.29 bits per heavy atom. The van der Waals surface area contributed by atoms with E-state index in [1.807, 2.05) is 19.1 Å². The van der Waals surface area contributed by atoms with Crippen LogP contribution in [0.5, 0.6) is 0 Å².